The Kier molecular flexibility index (Phi) is 3.04. The number of nitrogens with zero attached hydrogens (tertiary/aromatic N) is 1. The fraction of sp³-hybridized carbons (Fsp3) is 0.833. The summed E-state index contributed by atoms with van der Waals surface area (Å²) in [4.78, 5) is 0. The van der Waals surface area contributed by atoms with Crippen molar-refractivity contribution < 1.29 is 30.4 Å². The van der Waals surface area contributed by atoms with Crippen LogP contribution < -0.4 is 0 Å². The van der Waals surface area contributed by atoms with Crippen molar-refractivity contribution >= 4 is 5.90 Å². The molecule has 1 rings (SSSR count). The Morgan fingerprint density at radius 2 is 1.85 bits per heavy atom. The standard InChI is InChI=1S/C6H11NO6/c8-1-2-3(9)4(10)5(11)6(7-12)13-2/h2-5,8-12H,1H2/b7-6-. The normalized spacial score (nSPS) is 43.2. The van der Waals surface area contributed by atoms with E-state index in [2.05, 4.69) is 9.89 Å². The first-order chi connectivity index (χ1) is 6.11. The Morgan fingerprint density at radius 3 is 2.31 bits per heavy atom. The van der Waals surface area contributed by atoms with Crippen molar-refractivity contribution in [2.24, 2.45) is 5.16 Å². The van der Waals surface area contributed by atoms with E-state index in [1.54, 1.807) is 0 Å². The molecule has 1 heterocycles. The lowest BCUT2D eigenvalue weighted by atomic mass is 10.00. The SMILES string of the molecule is OCC1O/C(=N\O)C(O)C(O)C1O. The van der Waals surface area contributed by atoms with Crippen LogP contribution in [0.2, 0.25) is 0 Å². The molecule has 7 heteroatoms. The zero-order chi connectivity index (χ0) is 10.0. The summed E-state index contributed by atoms with van der Waals surface area (Å²) in [6.07, 6.45) is -5.62. The van der Waals surface area contributed by atoms with Gasteiger partial charge in [0.05, 0.1) is 6.61 Å². The fourth-order valence-corrected chi connectivity index (χ4v) is 1.08. The van der Waals surface area contributed by atoms with Crippen molar-refractivity contribution in [3.63, 3.8) is 0 Å². The zero-order valence-corrected chi connectivity index (χ0v) is 6.61. The Morgan fingerprint density at radius 1 is 1.23 bits per heavy atom. The van der Waals surface area contributed by atoms with Crippen LogP contribution in [0.4, 0.5) is 0 Å². The molecular weight excluding hydrogens is 182 g/mol. The highest BCUT2D eigenvalue weighted by molar-refractivity contribution is 5.81. The average molecular weight is 193 g/mol. The molecule has 4 atom stereocenters. The summed E-state index contributed by atoms with van der Waals surface area (Å²) in [6, 6.07) is 0. The Balaban J connectivity index is 2.78. The molecule has 1 aliphatic rings. The van der Waals surface area contributed by atoms with Crippen molar-refractivity contribution in [1.29, 1.82) is 0 Å². The van der Waals surface area contributed by atoms with E-state index in [-0.39, 0.29) is 0 Å². The predicted molar refractivity (Wildman–Crippen MR) is 39.2 cm³/mol. The number of hydrogen-bond donors (Lipinski definition) is 5. The molecular formula is C6H11NO6. The van der Waals surface area contributed by atoms with Gasteiger partial charge >= 0.3 is 0 Å². The van der Waals surface area contributed by atoms with Gasteiger partial charge in [-0.2, -0.15) is 0 Å². The number of ether oxygens (including phenoxy) is 1. The summed E-state index contributed by atoms with van der Waals surface area (Å²) < 4.78 is 4.67. The van der Waals surface area contributed by atoms with E-state index in [1.807, 2.05) is 0 Å². The molecule has 0 saturated carbocycles. The second-order valence-corrected chi connectivity index (χ2v) is 2.70. The van der Waals surface area contributed by atoms with Gasteiger partial charge in [-0.05, 0) is 0 Å². The minimum Gasteiger partial charge on any atom is -0.468 e. The van der Waals surface area contributed by atoms with Gasteiger partial charge in [0, 0.05) is 0 Å². The van der Waals surface area contributed by atoms with Crippen LogP contribution in [0.1, 0.15) is 0 Å². The van der Waals surface area contributed by atoms with Crippen LogP contribution in [0.5, 0.6) is 0 Å². The molecule has 0 bridgehead atoms. The van der Waals surface area contributed by atoms with Crippen molar-refractivity contribution in [2.45, 2.75) is 24.4 Å². The van der Waals surface area contributed by atoms with Gasteiger partial charge in [0.15, 0.2) is 12.2 Å². The second-order valence-electron chi connectivity index (χ2n) is 2.70. The lowest BCUT2D eigenvalue weighted by molar-refractivity contribution is -0.130. The van der Waals surface area contributed by atoms with Crippen LogP contribution in [0.25, 0.3) is 0 Å². The maximum Gasteiger partial charge on any atom is 0.257 e. The number of aliphatic hydroxyl groups excluding tert-OH is 4. The molecule has 5 N–H and O–H groups in total. The van der Waals surface area contributed by atoms with Crippen molar-refractivity contribution in [3.8, 4) is 0 Å². The molecule has 7 nitrogen and oxygen atoms in total. The number of oxime groups is 1. The number of rotatable bonds is 1. The summed E-state index contributed by atoms with van der Waals surface area (Å²) in [7, 11) is 0. The first-order valence-corrected chi connectivity index (χ1v) is 3.65. The summed E-state index contributed by atoms with van der Waals surface area (Å²) in [5, 5.41) is 47.0. The predicted octanol–water partition coefficient (Wildman–Crippen LogP) is -2.75. The zero-order valence-electron chi connectivity index (χ0n) is 6.61. The maximum atomic E-state index is 9.19. The molecule has 0 aliphatic carbocycles. The molecule has 0 spiro atoms. The van der Waals surface area contributed by atoms with Gasteiger partial charge in [-0.1, -0.05) is 5.16 Å². The molecule has 0 radical (unpaired) electrons. The topological polar surface area (TPSA) is 123 Å². The quantitative estimate of drug-likeness (QED) is 0.227. The third-order valence-corrected chi connectivity index (χ3v) is 1.86. The Labute approximate surface area is 73.5 Å². The van der Waals surface area contributed by atoms with Gasteiger partial charge in [-0.3, -0.25) is 0 Å². The molecule has 13 heavy (non-hydrogen) atoms. The van der Waals surface area contributed by atoms with Crippen LogP contribution in [-0.4, -0.2) is 62.6 Å². The highest BCUT2D eigenvalue weighted by Crippen LogP contribution is 2.17. The first kappa shape index (κ1) is 10.2. The molecule has 0 aromatic rings. The van der Waals surface area contributed by atoms with Gasteiger partial charge in [0.1, 0.15) is 12.2 Å². The Bertz CT molecular complexity index is 205. The summed E-state index contributed by atoms with van der Waals surface area (Å²) in [5.74, 6) is -0.517. The molecule has 1 fully saturated rings. The molecule has 0 amide bonds. The highest BCUT2D eigenvalue weighted by atomic mass is 16.6. The smallest absolute Gasteiger partial charge is 0.257 e. The monoisotopic (exact) mass is 193 g/mol. The third kappa shape index (κ3) is 1.73. The minimum atomic E-state index is -1.58. The van der Waals surface area contributed by atoms with Crippen LogP contribution >= 0.6 is 0 Å². The van der Waals surface area contributed by atoms with Crippen LogP contribution in [0.15, 0.2) is 5.16 Å². The maximum absolute atomic E-state index is 9.19. The van der Waals surface area contributed by atoms with Gasteiger partial charge in [-0.25, -0.2) is 0 Å². The minimum absolute atomic E-state index is 0.517. The van der Waals surface area contributed by atoms with Crippen LogP contribution in [0.3, 0.4) is 0 Å². The molecule has 1 saturated heterocycles. The van der Waals surface area contributed by atoms with E-state index in [4.69, 9.17) is 20.5 Å². The number of hydrogen-bond acceptors (Lipinski definition) is 7. The number of aliphatic hydroxyl groups is 4. The van der Waals surface area contributed by atoms with Crippen molar-refractivity contribution in [3.05, 3.63) is 0 Å². The lowest BCUT2D eigenvalue weighted by Crippen LogP contribution is -2.56. The third-order valence-electron chi connectivity index (χ3n) is 1.86. The average Bonchev–Trinajstić information content (AvgIpc) is 2.15. The van der Waals surface area contributed by atoms with E-state index < -0.39 is 36.9 Å². The molecule has 4 unspecified atom stereocenters. The van der Waals surface area contributed by atoms with Gasteiger partial charge in [0.25, 0.3) is 5.90 Å². The lowest BCUT2D eigenvalue weighted by Gasteiger charge is -2.34. The summed E-state index contributed by atoms with van der Waals surface area (Å²) in [5.41, 5.74) is 0. The second kappa shape index (κ2) is 3.88. The van der Waals surface area contributed by atoms with E-state index in [0.717, 1.165) is 0 Å². The van der Waals surface area contributed by atoms with E-state index in [9.17, 15) is 5.11 Å². The highest BCUT2D eigenvalue weighted by Gasteiger charge is 2.42. The van der Waals surface area contributed by atoms with Gasteiger partial charge < -0.3 is 30.4 Å². The van der Waals surface area contributed by atoms with Gasteiger partial charge in [-0.15, -0.1) is 0 Å². The molecule has 1 aliphatic heterocycles. The van der Waals surface area contributed by atoms with E-state index in [0.29, 0.717) is 0 Å². The van der Waals surface area contributed by atoms with Crippen molar-refractivity contribution in [2.75, 3.05) is 6.61 Å². The van der Waals surface area contributed by atoms with Gasteiger partial charge in [0.2, 0.25) is 0 Å². The van der Waals surface area contributed by atoms with Crippen molar-refractivity contribution in [1.82, 2.24) is 0 Å². The van der Waals surface area contributed by atoms with Crippen LogP contribution in [0, 0.1) is 0 Å². The molecule has 76 valence electrons. The summed E-state index contributed by atoms with van der Waals surface area (Å²) >= 11 is 0. The first-order valence-electron chi connectivity index (χ1n) is 3.65. The Hall–Kier alpha value is -0.890. The molecule has 0 aromatic heterocycles. The fourth-order valence-electron chi connectivity index (χ4n) is 1.08. The van der Waals surface area contributed by atoms with E-state index in [1.165, 1.54) is 0 Å². The largest absolute Gasteiger partial charge is 0.468 e. The van der Waals surface area contributed by atoms with Crippen LogP contribution in [-0.2, 0) is 4.74 Å². The summed E-state index contributed by atoms with van der Waals surface area (Å²) in [6.45, 7) is -0.552. The molecule has 0 aromatic carbocycles. The van der Waals surface area contributed by atoms with E-state index >= 15 is 0 Å².